The Morgan fingerprint density at radius 2 is 2.44 bits per heavy atom. The summed E-state index contributed by atoms with van der Waals surface area (Å²) < 4.78 is 0. The molecule has 0 aromatic carbocycles. The maximum Gasteiger partial charge on any atom is 0.0161 e. The molecule has 2 fully saturated rings. The summed E-state index contributed by atoms with van der Waals surface area (Å²) >= 11 is 2.12. The minimum atomic E-state index is 0.863. The molecule has 0 radical (unpaired) electrons. The van der Waals surface area contributed by atoms with E-state index < -0.39 is 0 Å². The molecular weight excluding hydrogens is 130 g/mol. The van der Waals surface area contributed by atoms with Crippen molar-refractivity contribution >= 4 is 11.8 Å². The number of fused-ring (bicyclic) bond motifs is 2. The fourth-order valence-corrected chi connectivity index (χ4v) is 2.93. The second-order valence-electron chi connectivity index (χ2n) is 3.07. The second-order valence-corrected chi connectivity index (χ2v) is 4.22. The average Bonchev–Trinajstić information content (AvgIpc) is 2.09. The van der Waals surface area contributed by atoms with Crippen LogP contribution in [0.5, 0.6) is 0 Å². The van der Waals surface area contributed by atoms with Gasteiger partial charge in [-0.3, -0.25) is 0 Å². The van der Waals surface area contributed by atoms with Gasteiger partial charge in [-0.2, -0.15) is 11.8 Å². The summed E-state index contributed by atoms with van der Waals surface area (Å²) in [4.78, 5) is 0. The molecule has 0 aromatic rings. The molecular formula is C7H13NS. The molecule has 2 heterocycles. The lowest BCUT2D eigenvalue weighted by Gasteiger charge is -2.07. The van der Waals surface area contributed by atoms with Gasteiger partial charge in [0.2, 0.25) is 0 Å². The highest BCUT2D eigenvalue weighted by Gasteiger charge is 2.25. The minimum absolute atomic E-state index is 0.863. The van der Waals surface area contributed by atoms with Crippen molar-refractivity contribution in [1.29, 1.82) is 0 Å². The molecule has 2 rings (SSSR count). The van der Waals surface area contributed by atoms with Crippen LogP contribution in [-0.4, -0.2) is 24.1 Å². The van der Waals surface area contributed by atoms with Crippen LogP contribution in [0.15, 0.2) is 0 Å². The van der Waals surface area contributed by atoms with Crippen molar-refractivity contribution in [3.05, 3.63) is 0 Å². The van der Waals surface area contributed by atoms with Gasteiger partial charge in [0.1, 0.15) is 0 Å². The summed E-state index contributed by atoms with van der Waals surface area (Å²) in [5, 5.41) is 3.54. The minimum Gasteiger partial charge on any atom is -0.313 e. The predicted octanol–water partition coefficient (Wildman–Crippen LogP) is 1.10. The molecule has 0 spiro atoms. The third kappa shape index (κ3) is 1.24. The van der Waals surface area contributed by atoms with Crippen LogP contribution >= 0.6 is 11.8 Å². The van der Waals surface area contributed by atoms with Gasteiger partial charge >= 0.3 is 0 Å². The zero-order valence-electron chi connectivity index (χ0n) is 5.60. The number of thioether (sulfide) groups is 1. The molecule has 2 aliphatic rings. The van der Waals surface area contributed by atoms with Crippen molar-refractivity contribution in [2.75, 3.05) is 18.1 Å². The molecule has 2 unspecified atom stereocenters. The zero-order chi connectivity index (χ0) is 6.10. The number of nitrogens with one attached hydrogen (secondary N) is 1. The van der Waals surface area contributed by atoms with Gasteiger partial charge in [-0.15, -0.1) is 0 Å². The maximum absolute atomic E-state index is 3.54. The molecule has 0 amide bonds. The SMILES string of the molecule is C1CC2CNC(CS1)C2. The van der Waals surface area contributed by atoms with E-state index in [-0.39, 0.29) is 0 Å². The lowest BCUT2D eigenvalue weighted by molar-refractivity contribution is 0.562. The number of rotatable bonds is 0. The summed E-state index contributed by atoms with van der Waals surface area (Å²) in [6.45, 7) is 1.30. The van der Waals surface area contributed by atoms with Crippen LogP contribution < -0.4 is 5.32 Å². The first-order valence-electron chi connectivity index (χ1n) is 3.76. The Hall–Kier alpha value is 0.310. The Balaban J connectivity index is 1.99. The first kappa shape index (κ1) is 6.05. The van der Waals surface area contributed by atoms with Crippen molar-refractivity contribution in [3.8, 4) is 0 Å². The molecule has 0 saturated carbocycles. The zero-order valence-corrected chi connectivity index (χ0v) is 6.41. The van der Waals surface area contributed by atoms with Gasteiger partial charge in [0.25, 0.3) is 0 Å². The Kier molecular flexibility index (Phi) is 1.68. The molecule has 2 atom stereocenters. The Morgan fingerprint density at radius 1 is 1.44 bits per heavy atom. The van der Waals surface area contributed by atoms with E-state index in [1.165, 1.54) is 30.9 Å². The quantitative estimate of drug-likeness (QED) is 0.545. The van der Waals surface area contributed by atoms with Crippen LogP contribution in [0.4, 0.5) is 0 Å². The molecule has 2 bridgehead atoms. The third-order valence-electron chi connectivity index (χ3n) is 2.30. The Morgan fingerprint density at radius 3 is 3.44 bits per heavy atom. The van der Waals surface area contributed by atoms with Gasteiger partial charge in [0.05, 0.1) is 0 Å². The summed E-state index contributed by atoms with van der Waals surface area (Å²) in [5.41, 5.74) is 0. The molecule has 1 nitrogen and oxygen atoms in total. The fraction of sp³-hybridized carbons (Fsp3) is 1.00. The van der Waals surface area contributed by atoms with E-state index in [2.05, 4.69) is 17.1 Å². The van der Waals surface area contributed by atoms with E-state index in [9.17, 15) is 0 Å². The molecule has 2 heteroatoms. The van der Waals surface area contributed by atoms with Crippen LogP contribution in [0.25, 0.3) is 0 Å². The third-order valence-corrected chi connectivity index (χ3v) is 3.46. The van der Waals surface area contributed by atoms with Crippen LogP contribution in [-0.2, 0) is 0 Å². The van der Waals surface area contributed by atoms with Crippen molar-refractivity contribution in [2.45, 2.75) is 18.9 Å². The van der Waals surface area contributed by atoms with Crippen LogP contribution in [0, 0.1) is 5.92 Å². The number of hydrogen-bond acceptors (Lipinski definition) is 2. The molecule has 2 saturated heterocycles. The smallest absolute Gasteiger partial charge is 0.0161 e. The van der Waals surface area contributed by atoms with Crippen LogP contribution in [0.3, 0.4) is 0 Å². The van der Waals surface area contributed by atoms with Gasteiger partial charge in [0, 0.05) is 11.8 Å². The molecule has 1 N–H and O–H groups in total. The van der Waals surface area contributed by atoms with Gasteiger partial charge < -0.3 is 5.32 Å². The standard InChI is InChI=1S/C7H13NS/c1-2-9-5-7-3-6(1)4-8-7/h6-8H,1-5H2. The van der Waals surface area contributed by atoms with Crippen molar-refractivity contribution in [3.63, 3.8) is 0 Å². The van der Waals surface area contributed by atoms with Crippen molar-refractivity contribution in [2.24, 2.45) is 5.92 Å². The van der Waals surface area contributed by atoms with Gasteiger partial charge in [-0.1, -0.05) is 0 Å². The van der Waals surface area contributed by atoms with E-state index in [4.69, 9.17) is 0 Å². The first-order chi connectivity index (χ1) is 4.45. The van der Waals surface area contributed by atoms with Gasteiger partial charge in [0.15, 0.2) is 0 Å². The summed E-state index contributed by atoms with van der Waals surface area (Å²) in [7, 11) is 0. The predicted molar refractivity (Wildman–Crippen MR) is 41.8 cm³/mol. The molecule has 0 aromatic heterocycles. The van der Waals surface area contributed by atoms with Crippen molar-refractivity contribution < 1.29 is 0 Å². The van der Waals surface area contributed by atoms with Crippen LogP contribution in [0.2, 0.25) is 0 Å². The van der Waals surface area contributed by atoms with Crippen molar-refractivity contribution in [1.82, 2.24) is 5.32 Å². The van der Waals surface area contributed by atoms with E-state index in [1.54, 1.807) is 0 Å². The summed E-state index contributed by atoms with van der Waals surface area (Å²) in [6.07, 6.45) is 2.90. The molecule has 0 aliphatic carbocycles. The maximum atomic E-state index is 3.54. The normalized spacial score (nSPS) is 42.7. The lowest BCUT2D eigenvalue weighted by atomic mass is 10.0. The van der Waals surface area contributed by atoms with Crippen LogP contribution in [0.1, 0.15) is 12.8 Å². The highest BCUT2D eigenvalue weighted by atomic mass is 32.2. The highest BCUT2D eigenvalue weighted by Crippen LogP contribution is 2.26. The monoisotopic (exact) mass is 143 g/mol. The first-order valence-corrected chi connectivity index (χ1v) is 4.92. The van der Waals surface area contributed by atoms with Gasteiger partial charge in [-0.05, 0) is 31.1 Å². The Bertz CT molecular complexity index is 93.1. The van der Waals surface area contributed by atoms with E-state index in [1.807, 2.05) is 0 Å². The molecule has 2 aliphatic heterocycles. The summed E-state index contributed by atoms with van der Waals surface area (Å²) in [5.74, 6) is 3.78. The Labute approximate surface area is 60.6 Å². The van der Waals surface area contributed by atoms with E-state index in [0.29, 0.717) is 0 Å². The average molecular weight is 143 g/mol. The topological polar surface area (TPSA) is 12.0 Å². The van der Waals surface area contributed by atoms with Gasteiger partial charge in [-0.25, -0.2) is 0 Å². The van der Waals surface area contributed by atoms with E-state index in [0.717, 1.165) is 12.0 Å². The molecule has 52 valence electrons. The summed E-state index contributed by atoms with van der Waals surface area (Å²) in [6, 6.07) is 0.863. The lowest BCUT2D eigenvalue weighted by Crippen LogP contribution is -2.24. The molecule has 9 heavy (non-hydrogen) atoms. The highest BCUT2D eigenvalue weighted by molar-refractivity contribution is 7.99. The largest absolute Gasteiger partial charge is 0.313 e. The number of hydrogen-bond donors (Lipinski definition) is 1. The second kappa shape index (κ2) is 2.51. The van der Waals surface area contributed by atoms with E-state index >= 15 is 0 Å². The fourth-order valence-electron chi connectivity index (χ4n) is 1.72.